The number of β-amino-alcohol motifs (C(OH)–C–C–N with tert-alkyl or cyclic N) is 1. The Morgan fingerprint density at radius 3 is 2.71 bits per heavy atom. The molecule has 2 fully saturated rings. The van der Waals surface area contributed by atoms with Crippen LogP contribution >= 0.6 is 0 Å². The number of rotatable bonds is 3. The molecule has 2 aliphatic rings. The molecule has 1 saturated heterocycles. The van der Waals surface area contributed by atoms with Gasteiger partial charge in [-0.1, -0.05) is 19.3 Å². The van der Waals surface area contributed by atoms with Gasteiger partial charge >= 0.3 is 0 Å². The maximum absolute atomic E-state index is 11.9. The molecular formula is C13H24N2O2. The van der Waals surface area contributed by atoms with Crippen LogP contribution in [0.3, 0.4) is 0 Å². The van der Waals surface area contributed by atoms with E-state index in [0.717, 1.165) is 25.8 Å². The van der Waals surface area contributed by atoms with Gasteiger partial charge in [-0.05, 0) is 25.8 Å². The predicted molar refractivity (Wildman–Crippen MR) is 66.6 cm³/mol. The lowest BCUT2D eigenvalue weighted by Crippen LogP contribution is -2.46. The quantitative estimate of drug-likeness (QED) is 0.679. The molecule has 0 aromatic carbocycles. The lowest BCUT2D eigenvalue weighted by Gasteiger charge is -2.29. The number of carbonyl (C=O) groups is 1. The first-order valence-corrected chi connectivity index (χ1v) is 6.94. The molecule has 1 heterocycles. The summed E-state index contributed by atoms with van der Waals surface area (Å²) in [6.45, 7) is 2.24. The van der Waals surface area contributed by atoms with Crippen molar-refractivity contribution >= 4 is 5.91 Å². The zero-order valence-corrected chi connectivity index (χ0v) is 10.5. The average Bonchev–Trinajstić information content (AvgIpc) is 2.38. The molecule has 0 aromatic rings. The van der Waals surface area contributed by atoms with E-state index in [4.69, 9.17) is 0 Å². The van der Waals surface area contributed by atoms with Crippen LogP contribution in [0.5, 0.6) is 0 Å². The van der Waals surface area contributed by atoms with Gasteiger partial charge in [0.2, 0.25) is 5.91 Å². The summed E-state index contributed by atoms with van der Waals surface area (Å²) in [5, 5.41) is 16.0. The van der Waals surface area contributed by atoms with E-state index < -0.39 is 0 Å². The second-order valence-corrected chi connectivity index (χ2v) is 5.40. The van der Waals surface area contributed by atoms with E-state index in [1.807, 2.05) is 0 Å². The minimum atomic E-state index is -0.310. The Bertz CT molecular complexity index is 252. The zero-order valence-electron chi connectivity index (χ0n) is 10.5. The highest BCUT2D eigenvalue weighted by Crippen LogP contribution is 2.23. The maximum Gasteiger partial charge on any atom is 0.223 e. The second kappa shape index (κ2) is 6.36. The van der Waals surface area contributed by atoms with E-state index in [2.05, 4.69) is 10.6 Å². The van der Waals surface area contributed by atoms with Crippen molar-refractivity contribution in [1.82, 2.24) is 10.6 Å². The average molecular weight is 240 g/mol. The zero-order chi connectivity index (χ0) is 12.1. The highest BCUT2D eigenvalue weighted by molar-refractivity contribution is 5.78. The molecule has 0 radical (unpaired) electrons. The smallest absolute Gasteiger partial charge is 0.223 e. The number of hydrogen-bond acceptors (Lipinski definition) is 3. The molecule has 1 aliphatic heterocycles. The molecule has 2 rings (SSSR count). The second-order valence-electron chi connectivity index (χ2n) is 5.40. The van der Waals surface area contributed by atoms with Crippen molar-refractivity contribution in [3.63, 3.8) is 0 Å². The first kappa shape index (κ1) is 12.8. The van der Waals surface area contributed by atoms with Gasteiger partial charge in [-0.3, -0.25) is 4.79 Å². The number of hydrogen-bond donors (Lipinski definition) is 3. The van der Waals surface area contributed by atoms with E-state index in [9.17, 15) is 9.90 Å². The lowest BCUT2D eigenvalue weighted by atomic mass is 9.88. The Labute approximate surface area is 103 Å². The van der Waals surface area contributed by atoms with Gasteiger partial charge in [-0.2, -0.15) is 0 Å². The van der Waals surface area contributed by atoms with Crippen LogP contribution in [-0.4, -0.2) is 36.8 Å². The van der Waals surface area contributed by atoms with Crippen molar-refractivity contribution in [3.8, 4) is 0 Å². The number of carbonyl (C=O) groups excluding carboxylic acids is 1. The van der Waals surface area contributed by atoms with Gasteiger partial charge in [0.15, 0.2) is 0 Å². The molecule has 1 amide bonds. The van der Waals surface area contributed by atoms with Gasteiger partial charge < -0.3 is 15.7 Å². The number of aliphatic hydroxyl groups excluding tert-OH is 1. The molecule has 0 bridgehead atoms. The van der Waals surface area contributed by atoms with Crippen molar-refractivity contribution < 1.29 is 9.90 Å². The third kappa shape index (κ3) is 3.68. The van der Waals surface area contributed by atoms with Gasteiger partial charge in [-0.15, -0.1) is 0 Å². The van der Waals surface area contributed by atoms with Gasteiger partial charge in [0.25, 0.3) is 0 Å². The molecule has 4 nitrogen and oxygen atoms in total. The van der Waals surface area contributed by atoms with Crippen LogP contribution in [0.25, 0.3) is 0 Å². The number of nitrogens with one attached hydrogen (secondary N) is 2. The molecule has 1 saturated carbocycles. The molecule has 0 spiro atoms. The minimum Gasteiger partial charge on any atom is -0.391 e. The summed E-state index contributed by atoms with van der Waals surface area (Å²) in [6.07, 6.45) is 6.38. The van der Waals surface area contributed by atoms with E-state index in [1.54, 1.807) is 0 Å². The summed E-state index contributed by atoms with van der Waals surface area (Å²) >= 11 is 0. The van der Waals surface area contributed by atoms with Crippen LogP contribution < -0.4 is 10.6 Å². The first-order valence-electron chi connectivity index (χ1n) is 6.94. The van der Waals surface area contributed by atoms with Crippen LogP contribution in [0, 0.1) is 11.8 Å². The Hall–Kier alpha value is -0.610. The van der Waals surface area contributed by atoms with Gasteiger partial charge in [0.05, 0.1) is 6.10 Å². The van der Waals surface area contributed by atoms with Crippen molar-refractivity contribution in [1.29, 1.82) is 0 Å². The third-order valence-corrected chi connectivity index (χ3v) is 4.10. The van der Waals surface area contributed by atoms with Crippen LogP contribution in [0.1, 0.15) is 38.5 Å². The third-order valence-electron chi connectivity index (χ3n) is 4.10. The normalized spacial score (nSPS) is 31.1. The fourth-order valence-corrected chi connectivity index (χ4v) is 2.88. The summed E-state index contributed by atoms with van der Waals surface area (Å²) in [5.74, 6) is 0.654. The summed E-state index contributed by atoms with van der Waals surface area (Å²) in [5.41, 5.74) is 0. The topological polar surface area (TPSA) is 61.4 Å². The summed E-state index contributed by atoms with van der Waals surface area (Å²) < 4.78 is 0. The van der Waals surface area contributed by atoms with E-state index in [-0.39, 0.29) is 23.8 Å². The van der Waals surface area contributed by atoms with Gasteiger partial charge in [-0.25, -0.2) is 0 Å². The summed E-state index contributed by atoms with van der Waals surface area (Å²) in [7, 11) is 0. The predicted octanol–water partition coefficient (Wildman–Crippen LogP) is 0.653. The Morgan fingerprint density at radius 1 is 1.24 bits per heavy atom. The van der Waals surface area contributed by atoms with Crippen molar-refractivity contribution in [2.75, 3.05) is 19.6 Å². The molecule has 1 aliphatic carbocycles. The fourth-order valence-electron chi connectivity index (χ4n) is 2.88. The van der Waals surface area contributed by atoms with Crippen LogP contribution in [-0.2, 0) is 4.79 Å². The van der Waals surface area contributed by atoms with Crippen molar-refractivity contribution in [2.45, 2.75) is 44.6 Å². The fraction of sp³-hybridized carbons (Fsp3) is 0.923. The molecule has 2 atom stereocenters. The summed E-state index contributed by atoms with van der Waals surface area (Å²) in [4.78, 5) is 11.9. The largest absolute Gasteiger partial charge is 0.391 e. The van der Waals surface area contributed by atoms with Gasteiger partial charge in [0.1, 0.15) is 0 Å². The molecule has 4 heteroatoms. The van der Waals surface area contributed by atoms with Crippen molar-refractivity contribution in [2.24, 2.45) is 11.8 Å². The molecule has 17 heavy (non-hydrogen) atoms. The number of amides is 1. The SMILES string of the molecule is O=C(NC[C@@H]1CCNC[C@H]1O)C1CCCCC1. The highest BCUT2D eigenvalue weighted by atomic mass is 16.3. The molecule has 0 aromatic heterocycles. The number of piperidine rings is 1. The van der Waals surface area contributed by atoms with Crippen LogP contribution in [0.4, 0.5) is 0 Å². The Balaban J connectivity index is 1.71. The molecule has 3 N–H and O–H groups in total. The van der Waals surface area contributed by atoms with Gasteiger partial charge in [0, 0.05) is 24.9 Å². The molecule has 0 unspecified atom stereocenters. The van der Waals surface area contributed by atoms with E-state index in [0.29, 0.717) is 13.1 Å². The highest BCUT2D eigenvalue weighted by Gasteiger charge is 2.25. The number of aliphatic hydroxyl groups is 1. The minimum absolute atomic E-state index is 0.204. The van der Waals surface area contributed by atoms with Crippen LogP contribution in [0.15, 0.2) is 0 Å². The Morgan fingerprint density at radius 2 is 2.00 bits per heavy atom. The lowest BCUT2D eigenvalue weighted by molar-refractivity contribution is -0.126. The summed E-state index contributed by atoms with van der Waals surface area (Å²) in [6, 6.07) is 0. The van der Waals surface area contributed by atoms with Crippen LogP contribution in [0.2, 0.25) is 0 Å². The van der Waals surface area contributed by atoms with E-state index >= 15 is 0 Å². The van der Waals surface area contributed by atoms with Crippen molar-refractivity contribution in [3.05, 3.63) is 0 Å². The maximum atomic E-state index is 11.9. The molecule has 98 valence electrons. The van der Waals surface area contributed by atoms with E-state index in [1.165, 1.54) is 19.3 Å². The standard InChI is InChI=1S/C13H24N2O2/c16-12-9-14-7-6-11(12)8-15-13(17)10-4-2-1-3-5-10/h10-12,14,16H,1-9H2,(H,15,17)/t11-,12+/m0/s1. The Kier molecular flexibility index (Phi) is 4.80. The molecular weight excluding hydrogens is 216 g/mol. The monoisotopic (exact) mass is 240 g/mol. The first-order chi connectivity index (χ1) is 8.27.